The number of carbonyl (C=O) groups is 1. The van der Waals surface area contributed by atoms with Crippen LogP contribution in [0.3, 0.4) is 0 Å². The van der Waals surface area contributed by atoms with E-state index in [1.165, 1.54) is 16.6 Å². The molecular weight excluding hydrogens is 490 g/mol. The summed E-state index contributed by atoms with van der Waals surface area (Å²) in [6.45, 7) is 5.99. The minimum atomic E-state index is -3.87. The Morgan fingerprint density at radius 2 is 2.00 bits per heavy atom. The molecule has 1 aliphatic heterocycles. The number of sulfonamides is 1. The number of pyridine rings is 1. The van der Waals surface area contributed by atoms with Gasteiger partial charge in [0.1, 0.15) is 11.0 Å². The summed E-state index contributed by atoms with van der Waals surface area (Å²) in [5.41, 5.74) is 4.61. The quantitative estimate of drug-likeness (QED) is 0.486. The zero-order valence-electron chi connectivity index (χ0n) is 21.0. The number of aromatic nitrogens is 1. The molecule has 0 amide bonds. The standard InChI is InChI=1S/C28H29N3O5S/c1-4-23-17-31(37(34,35)26-6-5-11-30-28(26)36-23)16-22-13-21(9-7-18(22)2)25(14-27(32)33)24-10-8-20(15-29)12-19(24)3/h5-13,23,25H,4,14,16-17H2,1-3H3,(H,32,33). The molecule has 4 rings (SSSR count). The molecule has 8 nitrogen and oxygen atoms in total. The molecule has 9 heteroatoms. The Hall–Kier alpha value is -3.74. The van der Waals surface area contributed by atoms with Crippen molar-refractivity contribution < 1.29 is 23.1 Å². The van der Waals surface area contributed by atoms with Crippen LogP contribution < -0.4 is 4.74 Å². The molecule has 2 unspecified atom stereocenters. The van der Waals surface area contributed by atoms with Gasteiger partial charge in [-0.2, -0.15) is 9.57 Å². The number of ether oxygens (including phenoxy) is 1. The van der Waals surface area contributed by atoms with E-state index >= 15 is 0 Å². The van der Waals surface area contributed by atoms with Gasteiger partial charge in [-0.25, -0.2) is 13.4 Å². The van der Waals surface area contributed by atoms with Gasteiger partial charge in [0.05, 0.1) is 24.6 Å². The molecule has 0 aliphatic carbocycles. The average molecular weight is 520 g/mol. The summed E-state index contributed by atoms with van der Waals surface area (Å²) < 4.78 is 34.5. The van der Waals surface area contributed by atoms with Gasteiger partial charge in [0, 0.05) is 18.7 Å². The van der Waals surface area contributed by atoms with E-state index in [0.29, 0.717) is 12.0 Å². The number of nitrogens with zero attached hydrogens (tertiary/aromatic N) is 3. The second-order valence-electron chi connectivity index (χ2n) is 9.27. The number of benzene rings is 2. The second kappa shape index (κ2) is 10.7. The van der Waals surface area contributed by atoms with Crippen molar-refractivity contribution in [2.45, 2.75) is 57.1 Å². The van der Waals surface area contributed by atoms with Crippen molar-refractivity contribution in [3.8, 4) is 11.9 Å². The molecule has 2 heterocycles. The van der Waals surface area contributed by atoms with Crippen LogP contribution in [0.1, 0.15) is 59.1 Å². The molecule has 0 spiro atoms. The molecule has 0 saturated carbocycles. The number of aliphatic carboxylic acids is 1. The van der Waals surface area contributed by atoms with Crippen LogP contribution in [0.2, 0.25) is 0 Å². The highest BCUT2D eigenvalue weighted by Crippen LogP contribution is 2.34. The van der Waals surface area contributed by atoms with Crippen molar-refractivity contribution >= 4 is 16.0 Å². The summed E-state index contributed by atoms with van der Waals surface area (Å²) in [6.07, 6.45) is 1.63. The predicted molar refractivity (Wildman–Crippen MR) is 138 cm³/mol. The first-order valence-electron chi connectivity index (χ1n) is 12.1. The minimum Gasteiger partial charge on any atom is -0.481 e. The van der Waals surface area contributed by atoms with E-state index in [0.717, 1.165) is 27.8 Å². The topological polar surface area (TPSA) is 121 Å². The van der Waals surface area contributed by atoms with Gasteiger partial charge in [-0.05, 0) is 72.4 Å². The average Bonchev–Trinajstić information content (AvgIpc) is 2.97. The molecular formula is C28H29N3O5S. The van der Waals surface area contributed by atoms with Gasteiger partial charge in [-0.1, -0.05) is 31.2 Å². The summed E-state index contributed by atoms with van der Waals surface area (Å²) >= 11 is 0. The van der Waals surface area contributed by atoms with Crippen LogP contribution in [-0.2, 0) is 21.4 Å². The number of nitriles is 1. The van der Waals surface area contributed by atoms with Crippen LogP contribution in [0.5, 0.6) is 5.88 Å². The maximum absolute atomic E-state index is 13.6. The monoisotopic (exact) mass is 519 g/mol. The van der Waals surface area contributed by atoms with Gasteiger partial charge in [0.15, 0.2) is 0 Å². The lowest BCUT2D eigenvalue weighted by molar-refractivity contribution is -0.137. The lowest BCUT2D eigenvalue weighted by atomic mass is 9.84. The van der Waals surface area contributed by atoms with Crippen molar-refractivity contribution in [3.05, 3.63) is 88.1 Å². The van der Waals surface area contributed by atoms with Gasteiger partial charge < -0.3 is 9.84 Å². The molecule has 3 aromatic rings. The summed E-state index contributed by atoms with van der Waals surface area (Å²) in [5, 5.41) is 18.9. The normalized spacial score (nSPS) is 17.6. The number of carboxylic acid groups (broad SMARTS) is 1. The number of hydrogen-bond acceptors (Lipinski definition) is 6. The van der Waals surface area contributed by atoms with Gasteiger partial charge in [0.25, 0.3) is 0 Å². The van der Waals surface area contributed by atoms with Crippen molar-refractivity contribution in [2.24, 2.45) is 0 Å². The number of aryl methyl sites for hydroxylation is 2. The van der Waals surface area contributed by atoms with Crippen molar-refractivity contribution in [3.63, 3.8) is 0 Å². The van der Waals surface area contributed by atoms with E-state index in [4.69, 9.17) is 4.74 Å². The van der Waals surface area contributed by atoms with E-state index in [-0.39, 0.29) is 36.4 Å². The van der Waals surface area contributed by atoms with Crippen LogP contribution >= 0.6 is 0 Å². The molecule has 0 fully saturated rings. The number of carboxylic acids is 1. The largest absolute Gasteiger partial charge is 0.481 e. The lowest BCUT2D eigenvalue weighted by Crippen LogP contribution is -2.36. The highest BCUT2D eigenvalue weighted by Gasteiger charge is 2.35. The maximum atomic E-state index is 13.6. The smallest absolute Gasteiger partial charge is 0.304 e. The third-order valence-electron chi connectivity index (χ3n) is 6.77. The van der Waals surface area contributed by atoms with Gasteiger partial charge in [-0.15, -0.1) is 0 Å². The predicted octanol–water partition coefficient (Wildman–Crippen LogP) is 4.54. The second-order valence-corrected chi connectivity index (χ2v) is 11.2. The van der Waals surface area contributed by atoms with Crippen LogP contribution in [-0.4, -0.2) is 41.4 Å². The Morgan fingerprint density at radius 3 is 2.68 bits per heavy atom. The first-order valence-corrected chi connectivity index (χ1v) is 13.5. The summed E-state index contributed by atoms with van der Waals surface area (Å²) in [4.78, 5) is 16.0. The fourth-order valence-electron chi connectivity index (χ4n) is 4.67. The zero-order valence-corrected chi connectivity index (χ0v) is 21.8. The molecule has 0 radical (unpaired) electrons. The van der Waals surface area contributed by atoms with E-state index in [2.05, 4.69) is 11.1 Å². The fourth-order valence-corrected chi connectivity index (χ4v) is 6.19. The van der Waals surface area contributed by atoms with E-state index in [1.54, 1.807) is 24.3 Å². The minimum absolute atomic E-state index is 0.0386. The molecule has 1 N–H and O–H groups in total. The summed E-state index contributed by atoms with van der Waals surface area (Å²) in [6, 6.07) is 16.1. The van der Waals surface area contributed by atoms with Crippen molar-refractivity contribution in [1.82, 2.24) is 9.29 Å². The number of fused-ring (bicyclic) bond motifs is 1. The Morgan fingerprint density at radius 1 is 1.22 bits per heavy atom. The lowest BCUT2D eigenvalue weighted by Gasteiger charge is -2.24. The SMILES string of the molecule is CCC1CN(Cc2cc(C(CC(=O)O)c3ccc(C#N)cc3C)ccc2C)S(=O)(=O)c2cccnc2O1. The first kappa shape index (κ1) is 26.3. The first-order chi connectivity index (χ1) is 17.6. The van der Waals surface area contributed by atoms with Gasteiger partial charge >= 0.3 is 5.97 Å². The molecule has 1 aromatic heterocycles. The molecule has 37 heavy (non-hydrogen) atoms. The highest BCUT2D eigenvalue weighted by atomic mass is 32.2. The molecule has 1 aliphatic rings. The number of rotatable bonds is 7. The maximum Gasteiger partial charge on any atom is 0.304 e. The molecule has 192 valence electrons. The van der Waals surface area contributed by atoms with E-state index < -0.39 is 21.9 Å². The third kappa shape index (κ3) is 5.50. The molecule has 0 bridgehead atoms. The van der Waals surface area contributed by atoms with Crippen LogP contribution in [0.4, 0.5) is 0 Å². The van der Waals surface area contributed by atoms with Crippen LogP contribution in [0.25, 0.3) is 0 Å². The molecule has 2 aromatic carbocycles. The van der Waals surface area contributed by atoms with E-state index in [9.17, 15) is 23.6 Å². The zero-order chi connectivity index (χ0) is 26.7. The Balaban J connectivity index is 1.75. The van der Waals surface area contributed by atoms with E-state index in [1.807, 2.05) is 39.0 Å². The Kier molecular flexibility index (Phi) is 7.62. The fraction of sp³-hybridized carbons (Fsp3) is 0.321. The highest BCUT2D eigenvalue weighted by molar-refractivity contribution is 7.89. The van der Waals surface area contributed by atoms with Gasteiger partial charge in [-0.3, -0.25) is 4.79 Å². The van der Waals surface area contributed by atoms with Crippen LogP contribution in [0.15, 0.2) is 59.6 Å². The molecule has 0 saturated heterocycles. The van der Waals surface area contributed by atoms with Gasteiger partial charge in [0.2, 0.25) is 15.9 Å². The Bertz CT molecular complexity index is 1480. The van der Waals surface area contributed by atoms with Crippen molar-refractivity contribution in [2.75, 3.05) is 6.54 Å². The van der Waals surface area contributed by atoms with Crippen molar-refractivity contribution in [1.29, 1.82) is 5.26 Å². The Labute approximate surface area is 217 Å². The van der Waals surface area contributed by atoms with Crippen LogP contribution in [0, 0.1) is 25.2 Å². The summed E-state index contributed by atoms with van der Waals surface area (Å²) in [5.74, 6) is -1.29. The molecule has 2 atom stereocenters. The third-order valence-corrected chi connectivity index (χ3v) is 8.59. The number of hydrogen-bond donors (Lipinski definition) is 1. The summed E-state index contributed by atoms with van der Waals surface area (Å²) in [7, 11) is -3.87.